The Balaban J connectivity index is 2.26. The van der Waals surface area contributed by atoms with Crippen LogP contribution in [0.25, 0.3) is 10.8 Å². The van der Waals surface area contributed by atoms with Crippen molar-refractivity contribution in [1.29, 1.82) is 0 Å². The van der Waals surface area contributed by atoms with Gasteiger partial charge in [-0.3, -0.25) is 0 Å². The highest BCUT2D eigenvalue weighted by molar-refractivity contribution is 7.15. The minimum atomic E-state index is 0.0792. The minimum Gasteiger partial charge on any atom is -0.418 e. The van der Waals surface area contributed by atoms with E-state index in [-0.39, 0.29) is 6.04 Å². The standard InChI is InChI=1S/C11H16N4OS/c1-5-12-7(3)10-14-15-11(16-10)9-6(2)13-8(4)17-9/h7,12H,5H2,1-4H3. The van der Waals surface area contributed by atoms with Crippen LogP contribution in [0.5, 0.6) is 0 Å². The van der Waals surface area contributed by atoms with Crippen LogP contribution in [0.1, 0.15) is 36.5 Å². The van der Waals surface area contributed by atoms with Crippen molar-refractivity contribution in [1.82, 2.24) is 20.5 Å². The molecule has 1 atom stereocenters. The normalized spacial score (nSPS) is 12.9. The number of thiazole rings is 1. The minimum absolute atomic E-state index is 0.0792. The Labute approximate surface area is 104 Å². The second-order valence-electron chi connectivity index (χ2n) is 3.87. The Hall–Kier alpha value is -1.27. The first-order valence-corrected chi connectivity index (χ1v) is 6.44. The summed E-state index contributed by atoms with van der Waals surface area (Å²) >= 11 is 1.58. The van der Waals surface area contributed by atoms with Crippen molar-refractivity contribution < 1.29 is 4.42 Å². The maximum Gasteiger partial charge on any atom is 0.259 e. The predicted molar refractivity (Wildman–Crippen MR) is 67.0 cm³/mol. The van der Waals surface area contributed by atoms with Crippen LogP contribution < -0.4 is 5.32 Å². The average molecular weight is 252 g/mol. The van der Waals surface area contributed by atoms with E-state index in [1.54, 1.807) is 11.3 Å². The third kappa shape index (κ3) is 2.53. The molecule has 0 aromatic carbocycles. The third-order valence-corrected chi connectivity index (χ3v) is 3.48. The second-order valence-corrected chi connectivity index (χ2v) is 5.08. The lowest BCUT2D eigenvalue weighted by atomic mass is 10.3. The van der Waals surface area contributed by atoms with Gasteiger partial charge in [0.15, 0.2) is 0 Å². The molecular weight excluding hydrogens is 236 g/mol. The number of aryl methyl sites for hydroxylation is 2. The summed E-state index contributed by atoms with van der Waals surface area (Å²) in [7, 11) is 0. The van der Waals surface area contributed by atoms with Crippen LogP contribution in [-0.2, 0) is 0 Å². The zero-order valence-corrected chi connectivity index (χ0v) is 11.3. The van der Waals surface area contributed by atoms with E-state index in [9.17, 15) is 0 Å². The third-order valence-electron chi connectivity index (χ3n) is 2.42. The van der Waals surface area contributed by atoms with E-state index in [0.29, 0.717) is 11.8 Å². The molecule has 5 nitrogen and oxygen atoms in total. The molecular formula is C11H16N4OS. The average Bonchev–Trinajstić information content (AvgIpc) is 2.85. The SMILES string of the molecule is CCNC(C)c1nnc(-c2sc(C)nc2C)o1. The largest absolute Gasteiger partial charge is 0.418 e. The van der Waals surface area contributed by atoms with Crippen LogP contribution in [0, 0.1) is 13.8 Å². The highest BCUT2D eigenvalue weighted by atomic mass is 32.1. The summed E-state index contributed by atoms with van der Waals surface area (Å²) in [6.07, 6.45) is 0. The summed E-state index contributed by atoms with van der Waals surface area (Å²) < 4.78 is 5.66. The molecule has 2 aromatic rings. The van der Waals surface area contributed by atoms with Gasteiger partial charge in [0.05, 0.1) is 16.7 Å². The second kappa shape index (κ2) is 4.93. The van der Waals surface area contributed by atoms with Gasteiger partial charge in [0, 0.05) is 0 Å². The molecule has 0 spiro atoms. The molecule has 92 valence electrons. The number of rotatable bonds is 4. The van der Waals surface area contributed by atoms with Gasteiger partial charge in [0.2, 0.25) is 5.89 Å². The van der Waals surface area contributed by atoms with Crippen molar-refractivity contribution in [3.63, 3.8) is 0 Å². The van der Waals surface area contributed by atoms with Crippen LogP contribution in [0.4, 0.5) is 0 Å². The van der Waals surface area contributed by atoms with Crippen molar-refractivity contribution in [2.75, 3.05) is 6.54 Å². The molecule has 0 saturated carbocycles. The lowest BCUT2D eigenvalue weighted by Gasteiger charge is -2.05. The molecule has 0 radical (unpaired) electrons. The number of nitrogens with zero attached hydrogens (tertiary/aromatic N) is 3. The van der Waals surface area contributed by atoms with Crippen LogP contribution in [0.15, 0.2) is 4.42 Å². The molecule has 2 heterocycles. The molecule has 0 aliphatic carbocycles. The molecule has 0 aliphatic heterocycles. The first-order chi connectivity index (χ1) is 8.11. The molecule has 1 unspecified atom stereocenters. The Morgan fingerprint density at radius 1 is 1.35 bits per heavy atom. The maximum atomic E-state index is 5.66. The van der Waals surface area contributed by atoms with E-state index < -0.39 is 0 Å². The molecule has 2 rings (SSSR count). The van der Waals surface area contributed by atoms with Crippen molar-refractivity contribution in [2.24, 2.45) is 0 Å². The molecule has 0 amide bonds. The molecule has 0 saturated heterocycles. The molecule has 6 heteroatoms. The van der Waals surface area contributed by atoms with E-state index in [1.807, 2.05) is 27.7 Å². The predicted octanol–water partition coefficient (Wildman–Crippen LogP) is 2.48. The zero-order chi connectivity index (χ0) is 12.4. The van der Waals surface area contributed by atoms with Crippen molar-refractivity contribution >= 4 is 11.3 Å². The topological polar surface area (TPSA) is 63.8 Å². The van der Waals surface area contributed by atoms with Gasteiger partial charge in [0.25, 0.3) is 5.89 Å². The quantitative estimate of drug-likeness (QED) is 0.905. The number of hydrogen-bond donors (Lipinski definition) is 1. The van der Waals surface area contributed by atoms with Crippen molar-refractivity contribution in [3.05, 3.63) is 16.6 Å². The first-order valence-electron chi connectivity index (χ1n) is 5.63. The van der Waals surface area contributed by atoms with Crippen LogP contribution in [0.3, 0.4) is 0 Å². The Morgan fingerprint density at radius 3 is 2.71 bits per heavy atom. The molecule has 1 N–H and O–H groups in total. The summed E-state index contributed by atoms with van der Waals surface area (Å²) in [4.78, 5) is 5.32. The smallest absolute Gasteiger partial charge is 0.259 e. The summed E-state index contributed by atoms with van der Waals surface area (Å²) in [5.74, 6) is 1.18. The van der Waals surface area contributed by atoms with E-state index >= 15 is 0 Å². The van der Waals surface area contributed by atoms with Crippen LogP contribution in [0.2, 0.25) is 0 Å². The van der Waals surface area contributed by atoms with E-state index in [2.05, 4.69) is 20.5 Å². The maximum absolute atomic E-state index is 5.66. The molecule has 17 heavy (non-hydrogen) atoms. The van der Waals surface area contributed by atoms with E-state index in [4.69, 9.17) is 4.42 Å². The first kappa shape index (κ1) is 12.2. The molecule has 0 bridgehead atoms. The Bertz CT molecular complexity index is 505. The Kier molecular flexibility index (Phi) is 3.54. The summed E-state index contributed by atoms with van der Waals surface area (Å²) in [5.41, 5.74) is 0.943. The molecule has 0 fully saturated rings. The van der Waals surface area contributed by atoms with Gasteiger partial charge in [-0.25, -0.2) is 4.98 Å². The summed E-state index contributed by atoms with van der Waals surface area (Å²) in [6.45, 7) is 8.85. The highest BCUT2D eigenvalue weighted by Crippen LogP contribution is 2.29. The van der Waals surface area contributed by atoms with Gasteiger partial charge < -0.3 is 9.73 Å². The molecule has 0 aliphatic rings. The summed E-state index contributed by atoms with van der Waals surface area (Å²) in [5, 5.41) is 12.4. The van der Waals surface area contributed by atoms with Gasteiger partial charge in [-0.2, -0.15) is 0 Å². The monoisotopic (exact) mass is 252 g/mol. The van der Waals surface area contributed by atoms with Crippen LogP contribution in [-0.4, -0.2) is 21.7 Å². The highest BCUT2D eigenvalue weighted by Gasteiger charge is 2.17. The fraction of sp³-hybridized carbons (Fsp3) is 0.545. The van der Waals surface area contributed by atoms with Gasteiger partial charge in [0.1, 0.15) is 4.88 Å². The lowest BCUT2D eigenvalue weighted by molar-refractivity contribution is 0.429. The van der Waals surface area contributed by atoms with E-state index in [0.717, 1.165) is 22.1 Å². The van der Waals surface area contributed by atoms with Gasteiger partial charge in [-0.05, 0) is 27.3 Å². The fourth-order valence-corrected chi connectivity index (χ4v) is 2.47. The van der Waals surface area contributed by atoms with Crippen molar-refractivity contribution in [3.8, 4) is 10.8 Å². The summed E-state index contributed by atoms with van der Waals surface area (Å²) in [6, 6.07) is 0.0792. The molecule has 2 aromatic heterocycles. The van der Waals surface area contributed by atoms with Gasteiger partial charge >= 0.3 is 0 Å². The number of aromatic nitrogens is 3. The Morgan fingerprint density at radius 2 is 2.12 bits per heavy atom. The van der Waals surface area contributed by atoms with Gasteiger partial charge in [-0.1, -0.05) is 6.92 Å². The number of nitrogens with one attached hydrogen (secondary N) is 1. The van der Waals surface area contributed by atoms with Gasteiger partial charge in [-0.15, -0.1) is 21.5 Å². The fourth-order valence-electron chi connectivity index (χ4n) is 1.62. The van der Waals surface area contributed by atoms with E-state index in [1.165, 1.54) is 0 Å². The van der Waals surface area contributed by atoms with Crippen LogP contribution >= 0.6 is 11.3 Å². The van der Waals surface area contributed by atoms with Crippen molar-refractivity contribution in [2.45, 2.75) is 33.7 Å². The number of hydrogen-bond acceptors (Lipinski definition) is 6. The zero-order valence-electron chi connectivity index (χ0n) is 10.4. The lowest BCUT2D eigenvalue weighted by Crippen LogP contribution is -2.17.